The number of nitrogens with one attached hydrogen (secondary N) is 1. The molecule has 1 saturated heterocycles. The minimum atomic E-state index is -1.27. The molecule has 2 aromatic rings. The number of H-pyrrole nitrogens is 1. The number of aromatic amines is 1. The second kappa shape index (κ2) is 6.62. The van der Waals surface area contributed by atoms with Crippen molar-refractivity contribution in [3.8, 4) is 0 Å². The van der Waals surface area contributed by atoms with Crippen molar-refractivity contribution >= 4 is 5.91 Å². The van der Waals surface area contributed by atoms with E-state index in [1.807, 2.05) is 0 Å². The Hall–Kier alpha value is -2.38. The molecule has 1 aromatic heterocycles. The Kier molecular flexibility index (Phi) is 4.55. The zero-order valence-corrected chi connectivity index (χ0v) is 13.2. The number of aromatic nitrogens is 3. The lowest BCUT2D eigenvalue weighted by atomic mass is 10.00. The fraction of sp³-hybridized carbons (Fsp3) is 0.438. The van der Waals surface area contributed by atoms with E-state index in [-0.39, 0.29) is 23.9 Å². The van der Waals surface area contributed by atoms with Crippen LogP contribution in [0.25, 0.3) is 0 Å². The van der Waals surface area contributed by atoms with E-state index in [4.69, 9.17) is 0 Å². The monoisotopic (exact) mass is 338 g/mol. The maximum atomic E-state index is 13.8. The summed E-state index contributed by atoms with van der Waals surface area (Å²) in [6.07, 6.45) is 2.14. The van der Waals surface area contributed by atoms with Crippen LogP contribution in [0.2, 0.25) is 0 Å². The first-order chi connectivity index (χ1) is 11.5. The van der Waals surface area contributed by atoms with Crippen LogP contribution in [0.15, 0.2) is 12.1 Å². The van der Waals surface area contributed by atoms with Gasteiger partial charge in [0.1, 0.15) is 11.6 Å². The third-order valence-corrected chi connectivity index (χ3v) is 4.17. The maximum Gasteiger partial charge on any atom is 0.227 e. The number of amides is 1. The van der Waals surface area contributed by atoms with Gasteiger partial charge in [-0.25, -0.2) is 18.2 Å². The summed E-state index contributed by atoms with van der Waals surface area (Å²) in [4.78, 5) is 18.4. The van der Waals surface area contributed by atoms with Crippen LogP contribution in [0, 0.1) is 24.4 Å². The van der Waals surface area contributed by atoms with E-state index in [0.717, 1.165) is 18.9 Å². The van der Waals surface area contributed by atoms with Crippen LogP contribution in [0.4, 0.5) is 13.2 Å². The van der Waals surface area contributed by atoms with Gasteiger partial charge in [0.05, 0.1) is 12.5 Å². The van der Waals surface area contributed by atoms with Gasteiger partial charge in [0.25, 0.3) is 0 Å². The van der Waals surface area contributed by atoms with E-state index >= 15 is 0 Å². The van der Waals surface area contributed by atoms with Crippen LogP contribution in [-0.4, -0.2) is 32.5 Å². The van der Waals surface area contributed by atoms with E-state index in [0.29, 0.717) is 30.7 Å². The molecular formula is C16H17F3N4O. The Balaban J connectivity index is 1.81. The number of halogens is 3. The molecule has 128 valence electrons. The van der Waals surface area contributed by atoms with Gasteiger partial charge in [-0.2, -0.15) is 5.10 Å². The fourth-order valence-corrected chi connectivity index (χ4v) is 2.97. The van der Waals surface area contributed by atoms with Gasteiger partial charge in [-0.15, -0.1) is 0 Å². The Morgan fingerprint density at radius 1 is 1.25 bits per heavy atom. The molecule has 0 radical (unpaired) electrons. The van der Waals surface area contributed by atoms with Crippen LogP contribution in [-0.2, 0) is 11.2 Å². The molecule has 0 bridgehead atoms. The Labute approximate surface area is 136 Å². The molecule has 0 spiro atoms. The van der Waals surface area contributed by atoms with Crippen molar-refractivity contribution in [1.82, 2.24) is 20.1 Å². The number of rotatable bonds is 3. The van der Waals surface area contributed by atoms with Crippen molar-refractivity contribution in [1.29, 1.82) is 0 Å². The molecule has 8 heteroatoms. The van der Waals surface area contributed by atoms with Crippen LogP contribution < -0.4 is 0 Å². The largest absolute Gasteiger partial charge is 0.332 e. The van der Waals surface area contributed by atoms with E-state index in [1.165, 1.54) is 0 Å². The second-order valence-corrected chi connectivity index (χ2v) is 5.91. The van der Waals surface area contributed by atoms with E-state index in [1.54, 1.807) is 11.8 Å². The predicted octanol–water partition coefficient (Wildman–Crippen LogP) is 2.83. The summed E-state index contributed by atoms with van der Waals surface area (Å²) in [5.41, 5.74) is -0.158. The zero-order valence-electron chi connectivity index (χ0n) is 13.2. The summed E-state index contributed by atoms with van der Waals surface area (Å²) in [5, 5.41) is 6.86. The van der Waals surface area contributed by atoms with Gasteiger partial charge in [-0.3, -0.25) is 9.89 Å². The van der Waals surface area contributed by atoms with Crippen LogP contribution in [0.5, 0.6) is 0 Å². The predicted molar refractivity (Wildman–Crippen MR) is 79.4 cm³/mol. The molecule has 24 heavy (non-hydrogen) atoms. The molecular weight excluding hydrogens is 321 g/mol. The summed E-state index contributed by atoms with van der Waals surface area (Å²) >= 11 is 0. The number of piperidine rings is 1. The molecule has 1 amide bonds. The molecule has 1 aliphatic heterocycles. The third kappa shape index (κ3) is 3.27. The lowest BCUT2D eigenvalue weighted by Gasteiger charge is -2.34. The van der Waals surface area contributed by atoms with Crippen molar-refractivity contribution in [3.05, 3.63) is 46.8 Å². The smallest absolute Gasteiger partial charge is 0.227 e. The highest BCUT2D eigenvalue weighted by Crippen LogP contribution is 2.29. The minimum absolute atomic E-state index is 0.158. The van der Waals surface area contributed by atoms with E-state index in [2.05, 4.69) is 15.2 Å². The minimum Gasteiger partial charge on any atom is -0.332 e. The van der Waals surface area contributed by atoms with Crippen LogP contribution in [0.1, 0.15) is 42.5 Å². The molecule has 2 heterocycles. The number of likely N-dealkylation sites (tertiary alicyclic amines) is 1. The second-order valence-electron chi connectivity index (χ2n) is 5.91. The molecule has 1 fully saturated rings. The average molecular weight is 338 g/mol. The van der Waals surface area contributed by atoms with Crippen molar-refractivity contribution in [2.75, 3.05) is 6.54 Å². The van der Waals surface area contributed by atoms with Crippen molar-refractivity contribution < 1.29 is 18.0 Å². The van der Waals surface area contributed by atoms with Gasteiger partial charge in [0.2, 0.25) is 5.91 Å². The number of carbonyl (C=O) groups excluding carboxylic acids is 1. The summed E-state index contributed by atoms with van der Waals surface area (Å²) in [5.74, 6) is -2.55. The van der Waals surface area contributed by atoms with Gasteiger partial charge < -0.3 is 4.90 Å². The molecule has 0 aliphatic carbocycles. The number of hydrogen-bond donors (Lipinski definition) is 1. The highest BCUT2D eigenvalue weighted by atomic mass is 19.2. The topological polar surface area (TPSA) is 61.9 Å². The number of nitrogens with zero attached hydrogens (tertiary/aromatic N) is 3. The zero-order chi connectivity index (χ0) is 17.3. The van der Waals surface area contributed by atoms with Crippen LogP contribution >= 0.6 is 0 Å². The van der Waals surface area contributed by atoms with Gasteiger partial charge in [0.15, 0.2) is 17.5 Å². The first kappa shape index (κ1) is 16.5. The van der Waals surface area contributed by atoms with Crippen molar-refractivity contribution in [2.45, 2.75) is 38.6 Å². The standard InChI is InChI=1S/C16H17F3N4O/c1-9-20-16(22-21-9)14-4-2-3-5-23(14)15(24)7-10-6-12(18)13(19)8-11(10)17/h6,8,14H,2-5,7H2,1H3,(H,20,21,22)/t14-/m0/s1. The first-order valence-electron chi connectivity index (χ1n) is 7.77. The number of benzene rings is 1. The molecule has 1 atom stereocenters. The SMILES string of the molecule is Cc1nc([C@@H]2CCCCN2C(=O)Cc2cc(F)c(F)cc2F)n[nH]1. The summed E-state index contributed by atoms with van der Waals surface area (Å²) < 4.78 is 40.1. The molecule has 1 N–H and O–H groups in total. The summed E-state index contributed by atoms with van der Waals surface area (Å²) in [7, 11) is 0. The normalized spacial score (nSPS) is 18.0. The molecule has 0 unspecified atom stereocenters. The quantitative estimate of drug-likeness (QED) is 0.876. The van der Waals surface area contributed by atoms with E-state index in [9.17, 15) is 18.0 Å². The molecule has 5 nitrogen and oxygen atoms in total. The highest BCUT2D eigenvalue weighted by Gasteiger charge is 2.31. The van der Waals surface area contributed by atoms with Gasteiger partial charge in [-0.05, 0) is 32.3 Å². The number of aryl methyl sites for hydroxylation is 1. The van der Waals surface area contributed by atoms with Gasteiger partial charge in [0, 0.05) is 18.2 Å². The Morgan fingerprint density at radius 3 is 2.71 bits per heavy atom. The molecule has 3 rings (SSSR count). The highest BCUT2D eigenvalue weighted by molar-refractivity contribution is 5.79. The Bertz CT molecular complexity index is 762. The first-order valence-corrected chi connectivity index (χ1v) is 7.77. The van der Waals surface area contributed by atoms with Crippen molar-refractivity contribution in [3.63, 3.8) is 0 Å². The number of hydrogen-bond acceptors (Lipinski definition) is 3. The van der Waals surface area contributed by atoms with Gasteiger partial charge in [-0.1, -0.05) is 0 Å². The van der Waals surface area contributed by atoms with Crippen LogP contribution in [0.3, 0.4) is 0 Å². The Morgan fingerprint density at radius 2 is 2.00 bits per heavy atom. The van der Waals surface area contributed by atoms with Crippen molar-refractivity contribution in [2.24, 2.45) is 0 Å². The summed E-state index contributed by atoms with van der Waals surface area (Å²) in [6, 6.07) is 0.910. The molecule has 1 aliphatic rings. The van der Waals surface area contributed by atoms with Gasteiger partial charge >= 0.3 is 0 Å². The molecule has 0 saturated carbocycles. The fourth-order valence-electron chi connectivity index (χ4n) is 2.97. The third-order valence-electron chi connectivity index (χ3n) is 4.17. The lowest BCUT2D eigenvalue weighted by Crippen LogP contribution is -2.40. The lowest BCUT2D eigenvalue weighted by molar-refractivity contribution is -0.134. The number of carbonyl (C=O) groups is 1. The summed E-state index contributed by atoms with van der Waals surface area (Å²) in [6.45, 7) is 2.27. The van der Waals surface area contributed by atoms with E-state index < -0.39 is 17.5 Å². The molecule has 1 aromatic carbocycles. The average Bonchev–Trinajstić information content (AvgIpc) is 2.99. The maximum absolute atomic E-state index is 13.8.